The Hall–Kier alpha value is -5.65. The van der Waals surface area contributed by atoms with Gasteiger partial charge in [0.15, 0.2) is 18.0 Å². The van der Waals surface area contributed by atoms with Crippen LogP contribution in [-0.2, 0) is 24.1 Å². The lowest BCUT2D eigenvalue weighted by atomic mass is 9.80. The van der Waals surface area contributed by atoms with E-state index >= 15 is 4.39 Å². The van der Waals surface area contributed by atoms with Crippen LogP contribution in [0.25, 0.3) is 11.2 Å². The fraction of sp³-hybridized carbons (Fsp3) is 0.340. The predicted molar refractivity (Wildman–Crippen MR) is 232 cm³/mol. The molecule has 15 heteroatoms. The molecule has 0 spiro atoms. The molecule has 0 aliphatic carbocycles. The van der Waals surface area contributed by atoms with Crippen LogP contribution in [0.3, 0.4) is 0 Å². The van der Waals surface area contributed by atoms with Crippen LogP contribution < -0.4 is 9.47 Å². The molecule has 0 saturated carbocycles. The van der Waals surface area contributed by atoms with Crippen LogP contribution in [0.4, 0.5) is 4.39 Å². The maximum atomic E-state index is 17.7. The number of alkyl halides is 1. The molecule has 7 rings (SSSR count). The fourth-order valence-electron chi connectivity index (χ4n) is 7.79. The van der Waals surface area contributed by atoms with E-state index in [-0.39, 0.29) is 54.4 Å². The van der Waals surface area contributed by atoms with E-state index in [1.165, 1.54) is 17.2 Å². The zero-order chi connectivity index (χ0) is 43.8. The van der Waals surface area contributed by atoms with E-state index in [9.17, 15) is 10.1 Å². The summed E-state index contributed by atoms with van der Waals surface area (Å²) in [6.45, 7) is 7.96. The first kappa shape index (κ1) is 44.4. The number of nitriles is 1. The Labute approximate surface area is 362 Å². The van der Waals surface area contributed by atoms with E-state index in [1.54, 1.807) is 38.5 Å². The summed E-state index contributed by atoms with van der Waals surface area (Å²) in [6.07, 6.45) is -2.63. The van der Waals surface area contributed by atoms with Crippen molar-refractivity contribution in [2.75, 3.05) is 27.4 Å². The van der Waals surface area contributed by atoms with Crippen molar-refractivity contribution >= 4 is 25.5 Å². The highest BCUT2D eigenvalue weighted by molar-refractivity contribution is 7.44. The van der Waals surface area contributed by atoms with Crippen molar-refractivity contribution in [3.05, 3.63) is 150 Å². The van der Waals surface area contributed by atoms with Gasteiger partial charge in [-0.25, -0.2) is 24.0 Å². The van der Waals surface area contributed by atoms with Gasteiger partial charge in [0.05, 0.1) is 46.3 Å². The van der Waals surface area contributed by atoms with Gasteiger partial charge in [0, 0.05) is 17.6 Å². The van der Waals surface area contributed by atoms with Gasteiger partial charge in [-0.1, -0.05) is 84.9 Å². The lowest BCUT2D eigenvalue weighted by Gasteiger charge is -2.39. The number of benzene rings is 4. The molecule has 322 valence electrons. The number of methoxy groups -OCH3 is 2. The topological polar surface area (TPSA) is 143 Å². The van der Waals surface area contributed by atoms with Crippen LogP contribution >= 0.6 is 8.53 Å². The standard InChI is InChI=1S/C47H50FN6O7P/c1-31(2)54(32(3)4)62(59-27-13-26-49)61-44-39(60-46(40(44)48)53-30-52-42-41(50-29-51-45(42)53)43(55)33-14-9-7-10-15-33)28-58-47(34-16-11-8-12-17-34,35-18-22-37(56-5)23-19-35)36-20-24-38(57-6)25-21-36/h7-12,14-25,29-32,39-40,44,46H,13,27-28H2,1-6H3/t39-,40-,44-,46-,62?/m1/s1. The number of imidazole rings is 1. The Morgan fingerprint density at radius 2 is 1.44 bits per heavy atom. The summed E-state index contributed by atoms with van der Waals surface area (Å²) in [4.78, 5) is 26.9. The number of hydrogen-bond acceptors (Lipinski definition) is 12. The minimum Gasteiger partial charge on any atom is -0.497 e. The Morgan fingerprint density at radius 1 is 0.855 bits per heavy atom. The first-order valence-corrected chi connectivity index (χ1v) is 21.5. The van der Waals surface area contributed by atoms with Crippen LogP contribution in [-0.4, -0.2) is 87.9 Å². The number of carbonyl (C=O) groups is 1. The molecule has 13 nitrogen and oxygen atoms in total. The third kappa shape index (κ3) is 9.10. The highest BCUT2D eigenvalue weighted by Crippen LogP contribution is 2.51. The Balaban J connectivity index is 1.33. The number of ether oxygens (including phenoxy) is 4. The summed E-state index contributed by atoms with van der Waals surface area (Å²) < 4.78 is 59.3. The second-order valence-electron chi connectivity index (χ2n) is 15.2. The van der Waals surface area contributed by atoms with E-state index in [4.69, 9.17) is 28.0 Å². The Bertz CT molecular complexity index is 2380. The lowest BCUT2D eigenvalue weighted by Crippen LogP contribution is -2.41. The summed E-state index contributed by atoms with van der Waals surface area (Å²) in [5, 5.41) is 9.41. The van der Waals surface area contributed by atoms with Crippen molar-refractivity contribution in [1.29, 1.82) is 5.26 Å². The van der Waals surface area contributed by atoms with E-state index in [0.29, 0.717) is 17.1 Å². The van der Waals surface area contributed by atoms with Crippen molar-refractivity contribution in [3.8, 4) is 17.6 Å². The summed E-state index contributed by atoms with van der Waals surface area (Å²) in [5.41, 5.74) is 2.01. The molecule has 0 radical (unpaired) electrons. The van der Waals surface area contributed by atoms with Crippen LogP contribution in [0.1, 0.15) is 73.1 Å². The highest BCUT2D eigenvalue weighted by atomic mass is 31.2. The highest BCUT2D eigenvalue weighted by Gasteiger charge is 2.51. The van der Waals surface area contributed by atoms with Crippen molar-refractivity contribution in [3.63, 3.8) is 0 Å². The Kier molecular flexibility index (Phi) is 14.3. The molecule has 1 fully saturated rings. The minimum atomic E-state index is -1.93. The van der Waals surface area contributed by atoms with Gasteiger partial charge in [0.2, 0.25) is 5.78 Å². The van der Waals surface area contributed by atoms with E-state index in [2.05, 4.69) is 21.0 Å². The lowest BCUT2D eigenvalue weighted by molar-refractivity contribution is -0.0919. The van der Waals surface area contributed by atoms with Gasteiger partial charge in [-0.3, -0.25) is 9.36 Å². The normalized spacial score (nSPS) is 18.3. The van der Waals surface area contributed by atoms with Crippen LogP contribution in [0.5, 0.6) is 11.5 Å². The largest absolute Gasteiger partial charge is 0.497 e. The average molecular weight is 861 g/mol. The van der Waals surface area contributed by atoms with Crippen molar-refractivity contribution in [2.45, 2.75) is 76.4 Å². The molecular weight excluding hydrogens is 811 g/mol. The summed E-state index contributed by atoms with van der Waals surface area (Å²) >= 11 is 0. The van der Waals surface area contributed by atoms with Gasteiger partial charge in [-0.15, -0.1) is 0 Å². The van der Waals surface area contributed by atoms with E-state index in [1.807, 2.05) is 117 Å². The zero-order valence-corrected chi connectivity index (χ0v) is 36.4. The fourth-order valence-corrected chi connectivity index (χ4v) is 9.55. The molecule has 1 unspecified atom stereocenters. The molecular formula is C47H50FN6O7P. The number of halogens is 1. The maximum absolute atomic E-state index is 17.7. The number of rotatable bonds is 19. The third-order valence-corrected chi connectivity index (χ3v) is 12.8. The summed E-state index contributed by atoms with van der Waals surface area (Å²) in [6, 6.07) is 35.8. The van der Waals surface area contributed by atoms with Crippen molar-refractivity contribution in [2.24, 2.45) is 0 Å². The van der Waals surface area contributed by atoms with Crippen molar-refractivity contribution < 1.29 is 37.2 Å². The van der Waals surface area contributed by atoms with Gasteiger partial charge in [0.1, 0.15) is 46.8 Å². The SMILES string of the molecule is COc1ccc(C(OC[C@H]2O[C@@H](n3cnc4c(C(=O)c5ccccc5)ncnc43)[C@H](F)[C@@H]2OP(OCCC#N)N(C(C)C)C(C)C)(c2ccccc2)c2ccc(OC)cc2)cc1. The molecule has 0 amide bonds. The molecule has 2 aromatic heterocycles. The van der Waals surface area contributed by atoms with Crippen LogP contribution in [0.15, 0.2) is 122 Å². The first-order chi connectivity index (χ1) is 30.1. The van der Waals surface area contributed by atoms with Crippen LogP contribution in [0, 0.1) is 11.3 Å². The summed E-state index contributed by atoms with van der Waals surface area (Å²) in [7, 11) is 1.29. The number of aromatic nitrogens is 4. The Morgan fingerprint density at radius 3 is 2.00 bits per heavy atom. The molecule has 5 atom stereocenters. The quantitative estimate of drug-likeness (QED) is 0.0332. The van der Waals surface area contributed by atoms with Crippen molar-refractivity contribution in [1.82, 2.24) is 24.2 Å². The number of ketones is 1. The van der Waals surface area contributed by atoms with Gasteiger partial charge >= 0.3 is 0 Å². The van der Waals surface area contributed by atoms with Crippen LogP contribution in [0.2, 0.25) is 0 Å². The van der Waals surface area contributed by atoms with E-state index in [0.717, 1.165) is 16.7 Å². The van der Waals surface area contributed by atoms with Gasteiger partial charge in [0.25, 0.3) is 8.53 Å². The number of fused-ring (bicyclic) bond motifs is 1. The molecule has 1 aliphatic heterocycles. The second-order valence-corrected chi connectivity index (χ2v) is 16.6. The van der Waals surface area contributed by atoms with Gasteiger partial charge < -0.3 is 28.0 Å². The average Bonchev–Trinajstić information content (AvgIpc) is 3.87. The molecule has 0 N–H and O–H groups in total. The second kappa shape index (κ2) is 20.0. The summed E-state index contributed by atoms with van der Waals surface area (Å²) in [5.74, 6) is 0.975. The number of carbonyl (C=O) groups excluding carboxylic acids is 1. The monoisotopic (exact) mass is 860 g/mol. The number of hydrogen-bond donors (Lipinski definition) is 0. The van der Waals surface area contributed by atoms with E-state index < -0.39 is 38.7 Å². The van der Waals surface area contributed by atoms with Gasteiger partial charge in [-0.05, 0) is 68.7 Å². The molecule has 1 saturated heterocycles. The molecule has 3 heterocycles. The predicted octanol–water partition coefficient (Wildman–Crippen LogP) is 8.98. The molecule has 6 aromatic rings. The zero-order valence-electron chi connectivity index (χ0n) is 35.5. The molecule has 62 heavy (non-hydrogen) atoms. The van der Waals surface area contributed by atoms with Gasteiger partial charge in [-0.2, -0.15) is 5.26 Å². The maximum Gasteiger partial charge on any atom is 0.259 e. The third-order valence-electron chi connectivity index (χ3n) is 10.7. The molecule has 4 aromatic carbocycles. The smallest absolute Gasteiger partial charge is 0.259 e. The first-order valence-electron chi connectivity index (χ1n) is 20.4. The molecule has 1 aliphatic rings. The number of nitrogens with zero attached hydrogens (tertiary/aromatic N) is 6. The minimum absolute atomic E-state index is 0.0557. The molecule has 0 bridgehead atoms.